The number of thioether (sulfide) groups is 1. The van der Waals surface area contributed by atoms with Crippen LogP contribution in [0.5, 0.6) is 0 Å². The van der Waals surface area contributed by atoms with Gasteiger partial charge in [0.25, 0.3) is 0 Å². The predicted octanol–water partition coefficient (Wildman–Crippen LogP) is 3.35. The molecule has 3 rings (SSSR count). The van der Waals surface area contributed by atoms with Gasteiger partial charge in [-0.15, -0.1) is 11.3 Å². The van der Waals surface area contributed by atoms with Crippen LogP contribution in [0.2, 0.25) is 0 Å². The smallest absolute Gasteiger partial charge is 0.113 e. The zero-order chi connectivity index (χ0) is 12.4. The van der Waals surface area contributed by atoms with E-state index in [1.807, 2.05) is 11.3 Å². The topological polar surface area (TPSA) is 24.9 Å². The largest absolute Gasteiger partial charge is 0.306 e. The third kappa shape index (κ3) is 2.35. The first kappa shape index (κ1) is 12.9. The molecule has 1 aliphatic heterocycles. The molecular weight excluding hydrogens is 260 g/mol. The highest BCUT2D eigenvalue weighted by Crippen LogP contribution is 2.40. The van der Waals surface area contributed by atoms with Crippen molar-refractivity contribution < 1.29 is 0 Å². The normalized spacial score (nSPS) is 22.7. The summed E-state index contributed by atoms with van der Waals surface area (Å²) in [6, 6.07) is 0. The summed E-state index contributed by atoms with van der Waals surface area (Å²) in [5.74, 6) is 2.55. The van der Waals surface area contributed by atoms with Crippen LogP contribution in [-0.2, 0) is 18.4 Å². The lowest BCUT2D eigenvalue weighted by Gasteiger charge is -2.36. The van der Waals surface area contributed by atoms with Gasteiger partial charge in [-0.1, -0.05) is 6.92 Å². The highest BCUT2D eigenvalue weighted by Gasteiger charge is 2.37. The molecule has 18 heavy (non-hydrogen) atoms. The fourth-order valence-electron chi connectivity index (χ4n) is 3.08. The molecule has 0 atom stereocenters. The van der Waals surface area contributed by atoms with Crippen LogP contribution >= 0.6 is 23.1 Å². The number of aryl methyl sites for hydroxylation is 2. The number of fused-ring (bicyclic) bond motifs is 1. The quantitative estimate of drug-likeness (QED) is 0.920. The molecule has 2 aliphatic rings. The van der Waals surface area contributed by atoms with Crippen LogP contribution in [-0.4, -0.2) is 23.0 Å². The molecule has 1 fully saturated rings. The van der Waals surface area contributed by atoms with Gasteiger partial charge < -0.3 is 5.32 Å². The Bertz CT molecular complexity index is 379. The monoisotopic (exact) mass is 282 g/mol. The molecule has 4 heteroatoms. The van der Waals surface area contributed by atoms with Crippen molar-refractivity contribution in [3.05, 3.63) is 15.6 Å². The van der Waals surface area contributed by atoms with Crippen molar-refractivity contribution in [2.45, 2.75) is 51.0 Å². The number of hydrogen-bond donors (Lipinski definition) is 1. The van der Waals surface area contributed by atoms with Crippen molar-refractivity contribution in [3.63, 3.8) is 0 Å². The van der Waals surface area contributed by atoms with Gasteiger partial charge in [-0.05, 0) is 56.6 Å². The molecule has 0 spiro atoms. The Balaban J connectivity index is 1.91. The van der Waals surface area contributed by atoms with Gasteiger partial charge in [0.2, 0.25) is 0 Å². The van der Waals surface area contributed by atoms with Crippen LogP contribution in [0.3, 0.4) is 0 Å². The molecule has 2 heterocycles. The first-order chi connectivity index (χ1) is 8.84. The minimum Gasteiger partial charge on any atom is -0.306 e. The highest BCUT2D eigenvalue weighted by molar-refractivity contribution is 7.99. The zero-order valence-corrected chi connectivity index (χ0v) is 12.8. The van der Waals surface area contributed by atoms with E-state index in [4.69, 9.17) is 4.98 Å². The van der Waals surface area contributed by atoms with E-state index in [-0.39, 0.29) is 5.54 Å². The summed E-state index contributed by atoms with van der Waals surface area (Å²) in [6.07, 6.45) is 7.67. The van der Waals surface area contributed by atoms with E-state index in [1.54, 1.807) is 4.88 Å². The van der Waals surface area contributed by atoms with E-state index in [9.17, 15) is 0 Å². The second-order valence-electron chi connectivity index (χ2n) is 5.32. The number of rotatable bonds is 3. The Kier molecular flexibility index (Phi) is 3.97. The summed E-state index contributed by atoms with van der Waals surface area (Å²) in [5.41, 5.74) is 1.61. The summed E-state index contributed by atoms with van der Waals surface area (Å²) < 4.78 is 0. The molecular formula is C14H22N2S2. The third-order valence-electron chi connectivity index (χ3n) is 4.12. The second-order valence-corrected chi connectivity index (χ2v) is 7.63. The van der Waals surface area contributed by atoms with Crippen molar-refractivity contribution in [1.82, 2.24) is 10.3 Å². The molecule has 100 valence electrons. The van der Waals surface area contributed by atoms with E-state index >= 15 is 0 Å². The number of hydrogen-bond acceptors (Lipinski definition) is 4. The lowest BCUT2D eigenvalue weighted by molar-refractivity contribution is 0.313. The number of thiazole rings is 1. The van der Waals surface area contributed by atoms with Crippen LogP contribution in [0.25, 0.3) is 0 Å². The molecule has 0 amide bonds. The van der Waals surface area contributed by atoms with Crippen molar-refractivity contribution in [3.8, 4) is 0 Å². The zero-order valence-electron chi connectivity index (χ0n) is 11.1. The van der Waals surface area contributed by atoms with Crippen molar-refractivity contribution in [2.75, 3.05) is 18.1 Å². The van der Waals surface area contributed by atoms with Crippen molar-refractivity contribution in [1.29, 1.82) is 0 Å². The number of nitrogens with one attached hydrogen (secondary N) is 1. The third-order valence-corrected chi connectivity index (χ3v) is 6.46. The van der Waals surface area contributed by atoms with Crippen molar-refractivity contribution >= 4 is 23.1 Å². The lowest BCUT2D eigenvalue weighted by Crippen LogP contribution is -2.45. The molecule has 0 radical (unpaired) electrons. The van der Waals surface area contributed by atoms with E-state index in [0.29, 0.717) is 0 Å². The molecule has 0 aromatic carbocycles. The molecule has 1 aromatic rings. The summed E-state index contributed by atoms with van der Waals surface area (Å²) in [4.78, 5) is 6.59. The van der Waals surface area contributed by atoms with Gasteiger partial charge in [0.1, 0.15) is 5.01 Å². The maximum absolute atomic E-state index is 5.01. The van der Waals surface area contributed by atoms with Gasteiger partial charge in [0.05, 0.1) is 11.2 Å². The lowest BCUT2D eigenvalue weighted by atomic mass is 9.92. The fourth-order valence-corrected chi connectivity index (χ4v) is 5.64. The maximum Gasteiger partial charge on any atom is 0.113 e. The first-order valence-corrected chi connectivity index (χ1v) is 9.13. The number of nitrogens with zero attached hydrogens (tertiary/aromatic N) is 1. The van der Waals surface area contributed by atoms with E-state index in [1.165, 1.54) is 60.7 Å². The van der Waals surface area contributed by atoms with Crippen LogP contribution in [0.4, 0.5) is 0 Å². The summed E-state index contributed by atoms with van der Waals surface area (Å²) >= 11 is 4.09. The Labute approximate surface area is 118 Å². The van der Waals surface area contributed by atoms with Gasteiger partial charge in [0, 0.05) is 4.88 Å². The summed E-state index contributed by atoms with van der Waals surface area (Å²) in [5, 5.41) is 5.14. The Hall–Kier alpha value is -0.0600. The van der Waals surface area contributed by atoms with E-state index < -0.39 is 0 Å². The van der Waals surface area contributed by atoms with Gasteiger partial charge in [-0.2, -0.15) is 11.8 Å². The highest BCUT2D eigenvalue weighted by atomic mass is 32.2. The van der Waals surface area contributed by atoms with Crippen LogP contribution in [0, 0.1) is 0 Å². The van der Waals surface area contributed by atoms with Gasteiger partial charge >= 0.3 is 0 Å². The van der Waals surface area contributed by atoms with E-state index in [2.05, 4.69) is 24.0 Å². The number of aromatic nitrogens is 1. The van der Waals surface area contributed by atoms with Crippen LogP contribution < -0.4 is 5.32 Å². The Morgan fingerprint density at radius 3 is 2.72 bits per heavy atom. The van der Waals surface area contributed by atoms with Gasteiger partial charge in [-0.25, -0.2) is 4.98 Å². The molecule has 2 nitrogen and oxygen atoms in total. The molecule has 1 saturated heterocycles. The average molecular weight is 282 g/mol. The molecule has 0 unspecified atom stereocenters. The standard InChI is InChI=1S/C14H22N2S2/c1-2-15-14(7-9-17-10-8-14)13-16-11-5-3-4-6-12(11)18-13/h15H,2-10H2,1H3. The van der Waals surface area contributed by atoms with Gasteiger partial charge in [0.15, 0.2) is 0 Å². The van der Waals surface area contributed by atoms with Crippen LogP contribution in [0.15, 0.2) is 0 Å². The minimum absolute atomic E-state index is 0.196. The predicted molar refractivity (Wildman–Crippen MR) is 80.7 cm³/mol. The second kappa shape index (κ2) is 5.51. The Morgan fingerprint density at radius 2 is 2.00 bits per heavy atom. The average Bonchev–Trinajstić information content (AvgIpc) is 2.84. The molecule has 0 bridgehead atoms. The van der Waals surface area contributed by atoms with Crippen LogP contribution in [0.1, 0.15) is 48.2 Å². The first-order valence-electron chi connectivity index (χ1n) is 7.16. The van der Waals surface area contributed by atoms with Gasteiger partial charge in [-0.3, -0.25) is 0 Å². The summed E-state index contributed by atoms with van der Waals surface area (Å²) in [7, 11) is 0. The Morgan fingerprint density at radius 1 is 1.22 bits per heavy atom. The van der Waals surface area contributed by atoms with E-state index in [0.717, 1.165) is 6.54 Å². The molecule has 1 N–H and O–H groups in total. The molecule has 1 aliphatic carbocycles. The van der Waals surface area contributed by atoms with Crippen molar-refractivity contribution in [2.24, 2.45) is 0 Å². The maximum atomic E-state index is 5.01. The fraction of sp³-hybridized carbons (Fsp3) is 0.786. The molecule has 0 saturated carbocycles. The SMILES string of the molecule is CCNC1(c2nc3c(s2)CCCC3)CCSCC1. The molecule has 1 aromatic heterocycles. The minimum atomic E-state index is 0.196. The summed E-state index contributed by atoms with van der Waals surface area (Å²) in [6.45, 7) is 3.27.